The third kappa shape index (κ3) is 3.55. The maximum atomic E-state index is 10.00. The molecule has 0 saturated heterocycles. The first kappa shape index (κ1) is 22.8. The van der Waals surface area contributed by atoms with Gasteiger partial charge < -0.3 is 4.42 Å². The second kappa shape index (κ2) is 8.95. The summed E-state index contributed by atoms with van der Waals surface area (Å²) in [4.78, 5) is 0. The summed E-state index contributed by atoms with van der Waals surface area (Å²) in [6, 6.07) is 46.7. The molecule has 0 spiro atoms. The van der Waals surface area contributed by atoms with Gasteiger partial charge in [-0.15, -0.1) is 11.3 Å². The van der Waals surface area contributed by atoms with E-state index < -0.39 is 0 Å². The molecular formula is C37H21NOS. The van der Waals surface area contributed by atoms with E-state index in [4.69, 9.17) is 4.42 Å². The van der Waals surface area contributed by atoms with Gasteiger partial charge in [-0.1, -0.05) is 78.9 Å². The highest BCUT2D eigenvalue weighted by atomic mass is 32.1. The van der Waals surface area contributed by atoms with Gasteiger partial charge in [0, 0.05) is 36.5 Å². The summed E-state index contributed by atoms with van der Waals surface area (Å²) in [5.74, 6) is 0. The fourth-order valence-corrected chi connectivity index (χ4v) is 6.90. The SMILES string of the molecule is N#Cc1ccccc1-c1cc(-c2ccc3oc4ccccc4c3c2)ccc1-c1ccc2sc3ccccc3c2c1. The number of nitrogens with zero attached hydrogens (tertiary/aromatic N) is 1. The van der Waals surface area contributed by atoms with Crippen LogP contribution in [0.5, 0.6) is 0 Å². The van der Waals surface area contributed by atoms with Crippen molar-refractivity contribution in [3.63, 3.8) is 0 Å². The Bertz CT molecular complexity index is 2300. The van der Waals surface area contributed by atoms with Crippen LogP contribution in [0.2, 0.25) is 0 Å². The molecular weight excluding hydrogens is 506 g/mol. The molecule has 2 heterocycles. The number of fused-ring (bicyclic) bond motifs is 6. The maximum absolute atomic E-state index is 10.00. The van der Waals surface area contributed by atoms with Gasteiger partial charge in [-0.05, 0) is 76.3 Å². The summed E-state index contributed by atoms with van der Waals surface area (Å²) >= 11 is 1.82. The predicted molar refractivity (Wildman–Crippen MR) is 168 cm³/mol. The van der Waals surface area contributed by atoms with Crippen LogP contribution >= 0.6 is 11.3 Å². The number of thiophene rings is 1. The molecule has 6 aromatic carbocycles. The molecule has 0 atom stereocenters. The largest absolute Gasteiger partial charge is 0.456 e. The zero-order valence-corrected chi connectivity index (χ0v) is 22.2. The number of hydrogen-bond donors (Lipinski definition) is 0. The Kier molecular flexibility index (Phi) is 5.10. The summed E-state index contributed by atoms with van der Waals surface area (Å²) in [5, 5.41) is 14.8. The van der Waals surface area contributed by atoms with Crippen LogP contribution < -0.4 is 0 Å². The van der Waals surface area contributed by atoms with Gasteiger partial charge in [-0.25, -0.2) is 0 Å². The molecule has 0 fully saturated rings. The molecule has 0 saturated carbocycles. The van der Waals surface area contributed by atoms with Gasteiger partial charge in [0.15, 0.2) is 0 Å². The van der Waals surface area contributed by atoms with Crippen molar-refractivity contribution >= 4 is 53.4 Å². The first-order valence-corrected chi connectivity index (χ1v) is 14.1. The topological polar surface area (TPSA) is 36.9 Å². The van der Waals surface area contributed by atoms with Crippen LogP contribution in [0.25, 0.3) is 75.5 Å². The number of nitriles is 1. The van der Waals surface area contributed by atoms with Crippen molar-refractivity contribution < 1.29 is 4.42 Å². The van der Waals surface area contributed by atoms with Crippen LogP contribution in [-0.2, 0) is 0 Å². The Hall–Kier alpha value is -5.17. The van der Waals surface area contributed by atoms with Gasteiger partial charge in [-0.3, -0.25) is 0 Å². The Balaban J connectivity index is 1.36. The minimum Gasteiger partial charge on any atom is -0.456 e. The van der Waals surface area contributed by atoms with Crippen molar-refractivity contribution in [3.8, 4) is 39.4 Å². The molecule has 0 aliphatic heterocycles. The van der Waals surface area contributed by atoms with E-state index in [1.54, 1.807) is 0 Å². The highest BCUT2D eigenvalue weighted by Gasteiger charge is 2.15. The van der Waals surface area contributed by atoms with Crippen LogP contribution in [-0.4, -0.2) is 0 Å². The summed E-state index contributed by atoms with van der Waals surface area (Å²) in [5.41, 5.74) is 8.89. The summed E-state index contributed by atoms with van der Waals surface area (Å²) < 4.78 is 8.64. The third-order valence-corrected chi connectivity index (χ3v) is 8.91. The molecule has 0 unspecified atom stereocenters. The molecule has 0 aliphatic rings. The lowest BCUT2D eigenvalue weighted by molar-refractivity contribution is 0.669. The molecule has 8 aromatic rings. The van der Waals surface area contributed by atoms with E-state index in [0.717, 1.165) is 55.3 Å². The van der Waals surface area contributed by atoms with Gasteiger partial charge in [0.05, 0.1) is 11.6 Å². The number of rotatable bonds is 3. The van der Waals surface area contributed by atoms with Gasteiger partial charge in [-0.2, -0.15) is 5.26 Å². The smallest absolute Gasteiger partial charge is 0.135 e. The van der Waals surface area contributed by atoms with Crippen LogP contribution in [0.15, 0.2) is 132 Å². The lowest BCUT2D eigenvalue weighted by Gasteiger charge is -2.15. The van der Waals surface area contributed by atoms with Crippen LogP contribution in [0.1, 0.15) is 5.56 Å². The average Bonchev–Trinajstić information content (AvgIpc) is 3.58. The molecule has 40 heavy (non-hydrogen) atoms. The Morgan fingerprint density at radius 1 is 0.475 bits per heavy atom. The number of para-hydroxylation sites is 1. The first-order valence-electron chi connectivity index (χ1n) is 13.2. The lowest BCUT2D eigenvalue weighted by atomic mass is 9.88. The highest BCUT2D eigenvalue weighted by molar-refractivity contribution is 7.25. The van der Waals surface area contributed by atoms with E-state index in [1.807, 2.05) is 53.8 Å². The summed E-state index contributed by atoms with van der Waals surface area (Å²) in [6.07, 6.45) is 0. The number of furan rings is 1. The van der Waals surface area contributed by atoms with Crippen LogP contribution in [0.3, 0.4) is 0 Å². The lowest BCUT2D eigenvalue weighted by Crippen LogP contribution is -1.90. The number of hydrogen-bond acceptors (Lipinski definition) is 3. The van der Waals surface area contributed by atoms with E-state index in [2.05, 4.69) is 91.0 Å². The normalized spacial score (nSPS) is 11.5. The fraction of sp³-hybridized carbons (Fsp3) is 0. The maximum Gasteiger partial charge on any atom is 0.135 e. The van der Waals surface area contributed by atoms with Crippen LogP contribution in [0, 0.1) is 11.3 Å². The minimum atomic E-state index is 0.666. The first-order chi connectivity index (χ1) is 19.8. The highest BCUT2D eigenvalue weighted by Crippen LogP contribution is 2.41. The molecule has 8 rings (SSSR count). The van der Waals surface area contributed by atoms with Crippen molar-refractivity contribution in [2.24, 2.45) is 0 Å². The molecule has 0 bridgehead atoms. The Labute approximate surface area is 235 Å². The monoisotopic (exact) mass is 527 g/mol. The van der Waals surface area contributed by atoms with Crippen LogP contribution in [0.4, 0.5) is 0 Å². The molecule has 0 radical (unpaired) electrons. The van der Waals surface area contributed by atoms with E-state index in [-0.39, 0.29) is 0 Å². The standard InChI is InChI=1S/C37H21NOS/c38-22-26-7-1-2-8-27(26)31-19-23(24-14-17-35-32(20-24)29-9-3-5-11-34(29)39-35)13-16-28(31)25-15-18-37-33(21-25)30-10-4-6-12-36(30)40-37/h1-21H. The molecule has 2 nitrogen and oxygen atoms in total. The zero-order valence-electron chi connectivity index (χ0n) is 21.4. The van der Waals surface area contributed by atoms with Gasteiger partial charge in [0.1, 0.15) is 11.2 Å². The molecule has 2 aromatic heterocycles. The number of benzene rings is 6. The molecule has 0 aliphatic carbocycles. The fourth-order valence-electron chi connectivity index (χ4n) is 5.81. The van der Waals surface area contributed by atoms with E-state index >= 15 is 0 Å². The molecule has 0 N–H and O–H groups in total. The summed E-state index contributed by atoms with van der Waals surface area (Å²) in [7, 11) is 0. The van der Waals surface area contributed by atoms with Crippen molar-refractivity contribution in [1.29, 1.82) is 5.26 Å². The molecule has 0 amide bonds. The predicted octanol–water partition coefficient (Wildman–Crippen LogP) is 10.8. The van der Waals surface area contributed by atoms with E-state index in [0.29, 0.717) is 5.56 Å². The molecule has 3 heteroatoms. The van der Waals surface area contributed by atoms with Gasteiger partial charge in [0.2, 0.25) is 0 Å². The Morgan fingerprint density at radius 3 is 2.08 bits per heavy atom. The molecule has 186 valence electrons. The average molecular weight is 528 g/mol. The van der Waals surface area contributed by atoms with Crippen molar-refractivity contribution in [1.82, 2.24) is 0 Å². The third-order valence-electron chi connectivity index (χ3n) is 7.76. The zero-order chi connectivity index (χ0) is 26.6. The van der Waals surface area contributed by atoms with Crippen molar-refractivity contribution in [2.75, 3.05) is 0 Å². The van der Waals surface area contributed by atoms with Crippen molar-refractivity contribution in [2.45, 2.75) is 0 Å². The second-order valence-electron chi connectivity index (χ2n) is 10.0. The Morgan fingerprint density at radius 2 is 1.15 bits per heavy atom. The second-order valence-corrected chi connectivity index (χ2v) is 11.1. The van der Waals surface area contributed by atoms with Gasteiger partial charge >= 0.3 is 0 Å². The minimum absolute atomic E-state index is 0.666. The van der Waals surface area contributed by atoms with Gasteiger partial charge in [0.25, 0.3) is 0 Å². The van der Waals surface area contributed by atoms with E-state index in [1.165, 1.54) is 20.2 Å². The van der Waals surface area contributed by atoms with E-state index in [9.17, 15) is 5.26 Å². The quantitative estimate of drug-likeness (QED) is 0.229. The summed E-state index contributed by atoms with van der Waals surface area (Å²) in [6.45, 7) is 0. The van der Waals surface area contributed by atoms with Crippen molar-refractivity contribution in [3.05, 3.63) is 133 Å².